The zero-order valence-corrected chi connectivity index (χ0v) is 8.26. The highest BCUT2D eigenvalue weighted by molar-refractivity contribution is 5.78. The molecule has 15 heavy (non-hydrogen) atoms. The summed E-state index contributed by atoms with van der Waals surface area (Å²) < 4.78 is 0. The molecule has 1 aromatic rings. The van der Waals surface area contributed by atoms with E-state index in [0.717, 1.165) is 11.8 Å². The first-order valence-electron chi connectivity index (χ1n) is 4.51. The third-order valence-electron chi connectivity index (χ3n) is 1.84. The van der Waals surface area contributed by atoms with Crippen LogP contribution in [0.25, 0.3) is 0 Å². The summed E-state index contributed by atoms with van der Waals surface area (Å²) in [5, 5.41) is 0. The van der Waals surface area contributed by atoms with Gasteiger partial charge in [-0.3, -0.25) is 0 Å². The zero-order valence-electron chi connectivity index (χ0n) is 8.26. The molecule has 1 aromatic carbocycles. The van der Waals surface area contributed by atoms with Crippen LogP contribution < -0.4 is 17.2 Å². The fraction of sp³-hybridized carbons (Fsp3) is 0.200. The molecular formula is C10H14N4O. The smallest absolute Gasteiger partial charge is 0.191 e. The van der Waals surface area contributed by atoms with Gasteiger partial charge in [-0.15, -0.1) is 0 Å². The molecule has 80 valence electrons. The third kappa shape index (κ3) is 3.78. The number of hydrogen-bond donors (Lipinski definition) is 3. The van der Waals surface area contributed by atoms with E-state index in [-0.39, 0.29) is 5.96 Å². The molecule has 0 bridgehead atoms. The number of aliphatic imine (C=N–C) groups is 1. The highest BCUT2D eigenvalue weighted by Crippen LogP contribution is 2.13. The van der Waals surface area contributed by atoms with Gasteiger partial charge < -0.3 is 22.0 Å². The largest absolute Gasteiger partial charge is 0.370 e. The summed E-state index contributed by atoms with van der Waals surface area (Å²) in [6.45, 7) is 0. The molecule has 0 spiro atoms. The second-order valence-corrected chi connectivity index (χ2v) is 3.21. The monoisotopic (exact) mass is 206 g/mol. The van der Waals surface area contributed by atoms with Gasteiger partial charge in [-0.05, 0) is 24.1 Å². The Labute approximate surface area is 88.0 Å². The van der Waals surface area contributed by atoms with E-state index >= 15 is 0 Å². The number of hydrogen-bond acceptors (Lipinski definition) is 3. The summed E-state index contributed by atoms with van der Waals surface area (Å²) >= 11 is 0. The molecule has 0 amide bonds. The minimum absolute atomic E-state index is 0.0207. The summed E-state index contributed by atoms with van der Waals surface area (Å²) in [4.78, 5) is 14.2. The molecule has 1 rings (SSSR count). The van der Waals surface area contributed by atoms with Gasteiger partial charge in [0.1, 0.15) is 6.29 Å². The van der Waals surface area contributed by atoms with Crippen molar-refractivity contribution in [3.63, 3.8) is 0 Å². The van der Waals surface area contributed by atoms with Gasteiger partial charge >= 0.3 is 0 Å². The van der Waals surface area contributed by atoms with Gasteiger partial charge in [-0.2, -0.15) is 0 Å². The predicted octanol–water partition coefficient (Wildman–Crippen LogP) is -0.340. The second-order valence-electron chi connectivity index (χ2n) is 3.21. The molecule has 5 heteroatoms. The van der Waals surface area contributed by atoms with Crippen LogP contribution >= 0.6 is 0 Å². The molecule has 6 N–H and O–H groups in total. The third-order valence-corrected chi connectivity index (χ3v) is 1.84. The van der Waals surface area contributed by atoms with Crippen LogP contribution in [-0.4, -0.2) is 18.3 Å². The SMILES string of the molecule is NC(N)=Nc1ccc(CC(N)C=O)cc1. The standard InChI is InChI=1S/C10H14N4O/c11-8(6-15)5-7-1-3-9(4-2-7)14-10(12)13/h1-4,6,8H,5,11H2,(H4,12,13,14). The Hall–Kier alpha value is -1.88. The highest BCUT2D eigenvalue weighted by Gasteiger charge is 2.01. The van der Waals surface area contributed by atoms with Crippen molar-refractivity contribution in [1.82, 2.24) is 0 Å². The molecule has 0 saturated heterocycles. The number of nitrogens with two attached hydrogens (primary N) is 3. The van der Waals surface area contributed by atoms with E-state index in [1.165, 1.54) is 0 Å². The van der Waals surface area contributed by atoms with Crippen LogP contribution in [0.1, 0.15) is 5.56 Å². The van der Waals surface area contributed by atoms with E-state index in [1.807, 2.05) is 12.1 Å². The zero-order chi connectivity index (χ0) is 11.3. The van der Waals surface area contributed by atoms with Crippen molar-refractivity contribution < 1.29 is 4.79 Å². The first-order chi connectivity index (χ1) is 7.11. The number of carbonyl (C=O) groups excluding carboxylic acids is 1. The van der Waals surface area contributed by atoms with Gasteiger partial charge in [0, 0.05) is 0 Å². The number of rotatable bonds is 4. The van der Waals surface area contributed by atoms with Gasteiger partial charge in [0.05, 0.1) is 11.7 Å². The van der Waals surface area contributed by atoms with Crippen LogP contribution in [0.2, 0.25) is 0 Å². The fourth-order valence-electron chi connectivity index (χ4n) is 1.18. The molecule has 5 nitrogen and oxygen atoms in total. The molecule has 0 heterocycles. The van der Waals surface area contributed by atoms with Crippen molar-refractivity contribution in [2.75, 3.05) is 0 Å². The molecule has 0 aliphatic heterocycles. The van der Waals surface area contributed by atoms with Gasteiger partial charge in [0.15, 0.2) is 5.96 Å². The molecule has 1 atom stereocenters. The van der Waals surface area contributed by atoms with E-state index in [2.05, 4.69) is 4.99 Å². The molecule has 0 fully saturated rings. The van der Waals surface area contributed by atoms with Crippen LogP contribution in [0, 0.1) is 0 Å². The summed E-state index contributed by atoms with van der Waals surface area (Å²) in [6.07, 6.45) is 1.25. The maximum atomic E-state index is 10.3. The van der Waals surface area contributed by atoms with E-state index in [9.17, 15) is 4.79 Å². The molecule has 0 radical (unpaired) electrons. The number of nitrogens with zero attached hydrogens (tertiary/aromatic N) is 1. The number of benzene rings is 1. The van der Waals surface area contributed by atoms with E-state index in [0.29, 0.717) is 12.1 Å². The number of guanidine groups is 1. The molecule has 0 aliphatic rings. The van der Waals surface area contributed by atoms with E-state index < -0.39 is 6.04 Å². The van der Waals surface area contributed by atoms with Crippen LogP contribution in [-0.2, 0) is 11.2 Å². The predicted molar refractivity (Wildman–Crippen MR) is 59.7 cm³/mol. The molecule has 0 aliphatic carbocycles. The summed E-state index contributed by atoms with van der Waals surface area (Å²) in [5.74, 6) is 0.0207. The Balaban J connectivity index is 2.72. The lowest BCUT2D eigenvalue weighted by molar-refractivity contribution is -0.108. The van der Waals surface area contributed by atoms with Crippen molar-refractivity contribution in [2.24, 2.45) is 22.2 Å². The Bertz CT molecular complexity index is 354. The summed E-state index contributed by atoms with van der Waals surface area (Å²) in [5.41, 5.74) is 17.6. The van der Waals surface area contributed by atoms with Crippen LogP contribution in [0.15, 0.2) is 29.3 Å². The van der Waals surface area contributed by atoms with Crippen LogP contribution in [0.3, 0.4) is 0 Å². The quantitative estimate of drug-likeness (QED) is 0.356. The minimum atomic E-state index is -0.459. The maximum absolute atomic E-state index is 10.3. The van der Waals surface area contributed by atoms with Crippen molar-refractivity contribution in [2.45, 2.75) is 12.5 Å². The fourth-order valence-corrected chi connectivity index (χ4v) is 1.18. The topological polar surface area (TPSA) is 107 Å². The second kappa shape index (κ2) is 5.11. The lowest BCUT2D eigenvalue weighted by Crippen LogP contribution is -2.24. The van der Waals surface area contributed by atoms with Gasteiger partial charge in [0.25, 0.3) is 0 Å². The van der Waals surface area contributed by atoms with Crippen molar-refractivity contribution in [3.8, 4) is 0 Å². The van der Waals surface area contributed by atoms with Gasteiger partial charge in [-0.25, -0.2) is 4.99 Å². The maximum Gasteiger partial charge on any atom is 0.191 e. The average Bonchev–Trinajstić information content (AvgIpc) is 2.20. The van der Waals surface area contributed by atoms with E-state index in [4.69, 9.17) is 17.2 Å². The Morgan fingerprint density at radius 2 is 1.93 bits per heavy atom. The molecule has 0 aromatic heterocycles. The minimum Gasteiger partial charge on any atom is -0.370 e. The van der Waals surface area contributed by atoms with Gasteiger partial charge in [0.2, 0.25) is 0 Å². The first kappa shape index (κ1) is 11.2. The average molecular weight is 206 g/mol. The van der Waals surface area contributed by atoms with Crippen molar-refractivity contribution >= 4 is 17.9 Å². The highest BCUT2D eigenvalue weighted by atomic mass is 16.1. The van der Waals surface area contributed by atoms with E-state index in [1.54, 1.807) is 12.1 Å². The first-order valence-corrected chi connectivity index (χ1v) is 4.51. The lowest BCUT2D eigenvalue weighted by atomic mass is 10.1. The Morgan fingerprint density at radius 3 is 2.40 bits per heavy atom. The summed E-state index contributed by atoms with van der Waals surface area (Å²) in [6, 6.07) is 6.76. The van der Waals surface area contributed by atoms with Crippen LogP contribution in [0.5, 0.6) is 0 Å². The molecular weight excluding hydrogens is 192 g/mol. The van der Waals surface area contributed by atoms with Crippen LogP contribution in [0.4, 0.5) is 5.69 Å². The lowest BCUT2D eigenvalue weighted by Gasteiger charge is -2.04. The van der Waals surface area contributed by atoms with Gasteiger partial charge in [-0.1, -0.05) is 12.1 Å². The Morgan fingerprint density at radius 1 is 1.33 bits per heavy atom. The number of carbonyl (C=O) groups is 1. The van der Waals surface area contributed by atoms with Crippen molar-refractivity contribution in [3.05, 3.63) is 29.8 Å². The summed E-state index contributed by atoms with van der Waals surface area (Å²) in [7, 11) is 0. The molecule has 1 unspecified atom stereocenters. The Kier molecular flexibility index (Phi) is 3.82. The number of aldehydes is 1. The van der Waals surface area contributed by atoms with Crippen molar-refractivity contribution in [1.29, 1.82) is 0 Å². The normalized spacial score (nSPS) is 11.8. The molecule has 0 saturated carbocycles.